The smallest absolute Gasteiger partial charge is 0.223 e. The molecular weight excluding hydrogens is 446 g/mol. The molecule has 2 bridgehead atoms. The Hall–Kier alpha value is -2.11. The van der Waals surface area contributed by atoms with Gasteiger partial charge in [0.2, 0.25) is 11.7 Å². The molecule has 0 aromatic carbocycles. The van der Waals surface area contributed by atoms with Crippen molar-refractivity contribution in [1.29, 1.82) is 5.26 Å². The van der Waals surface area contributed by atoms with E-state index in [0.717, 1.165) is 41.5 Å². The quantitative estimate of drug-likeness (QED) is 0.706. The van der Waals surface area contributed by atoms with Crippen molar-refractivity contribution in [2.75, 3.05) is 18.9 Å². The second-order valence-corrected chi connectivity index (χ2v) is 9.67. The fraction of sp³-hybridized carbons (Fsp3) is 0.591. The summed E-state index contributed by atoms with van der Waals surface area (Å²) in [6.07, 6.45) is 8.46. The highest BCUT2D eigenvalue weighted by atomic mass is 79.9. The molecule has 0 radical (unpaired) electrons. The van der Waals surface area contributed by atoms with Gasteiger partial charge in [-0.2, -0.15) is 5.26 Å². The Morgan fingerprint density at radius 2 is 2.10 bits per heavy atom. The first-order chi connectivity index (χ1) is 14.6. The average Bonchev–Trinajstić information content (AvgIpc) is 3.49. The summed E-state index contributed by atoms with van der Waals surface area (Å²) < 4.78 is 6.31. The number of halogens is 1. The first kappa shape index (κ1) is 19.8. The van der Waals surface area contributed by atoms with Gasteiger partial charge in [-0.3, -0.25) is 9.69 Å². The predicted octanol–water partition coefficient (Wildman–Crippen LogP) is 3.64. The first-order valence-corrected chi connectivity index (χ1v) is 11.6. The molecule has 3 unspecified atom stereocenters. The number of rotatable bonds is 4. The fourth-order valence-corrected chi connectivity index (χ4v) is 6.35. The van der Waals surface area contributed by atoms with Crippen molar-refractivity contribution < 1.29 is 9.21 Å². The zero-order valence-corrected chi connectivity index (χ0v) is 18.6. The highest BCUT2D eigenvalue weighted by Crippen LogP contribution is 2.45. The second kappa shape index (κ2) is 7.86. The lowest BCUT2D eigenvalue weighted by atomic mass is 9.87. The average molecular weight is 472 g/mol. The minimum atomic E-state index is 0.220. The van der Waals surface area contributed by atoms with Gasteiger partial charge in [-0.25, -0.2) is 4.98 Å². The van der Waals surface area contributed by atoms with Crippen molar-refractivity contribution >= 4 is 38.6 Å². The standard InChI is InChI=1S/C22H26BrN5O2/c1-25-22(29)17-7-15-6-12(17)11-28(15)14-4-2-13(3-5-14)27-21-20(23)18-8-16(9-24)30-19(18)10-26-21/h8,10,12-15,17H,2-7,11H2,1H3,(H,25,29)(H,26,27). The summed E-state index contributed by atoms with van der Waals surface area (Å²) in [5, 5.41) is 16.3. The number of pyridine rings is 1. The first-order valence-electron chi connectivity index (χ1n) is 10.8. The van der Waals surface area contributed by atoms with Crippen molar-refractivity contribution in [2.24, 2.45) is 11.8 Å². The molecular formula is C22H26BrN5O2. The van der Waals surface area contributed by atoms with Crippen LogP contribution in [0.4, 0.5) is 5.82 Å². The second-order valence-electron chi connectivity index (χ2n) is 8.87. The maximum Gasteiger partial charge on any atom is 0.223 e. The van der Waals surface area contributed by atoms with Crippen LogP contribution < -0.4 is 10.6 Å². The Morgan fingerprint density at radius 1 is 1.30 bits per heavy atom. The van der Waals surface area contributed by atoms with E-state index in [0.29, 0.717) is 35.4 Å². The van der Waals surface area contributed by atoms with Crippen LogP contribution in [0.5, 0.6) is 0 Å². The highest BCUT2D eigenvalue weighted by Gasteiger charge is 2.49. The number of anilines is 1. The van der Waals surface area contributed by atoms with Crippen LogP contribution in [-0.4, -0.2) is 47.5 Å². The maximum absolute atomic E-state index is 12.1. The SMILES string of the molecule is CNC(=O)C1CC2CC1CN2C1CCC(Nc2ncc3oc(C#N)cc3c2Br)CC1. The molecule has 2 aromatic heterocycles. The third-order valence-electron chi connectivity index (χ3n) is 7.30. The number of likely N-dealkylation sites (tertiary alicyclic amines) is 1. The molecule has 3 fully saturated rings. The van der Waals surface area contributed by atoms with Gasteiger partial charge < -0.3 is 15.1 Å². The molecule has 3 atom stereocenters. The normalized spacial score (nSPS) is 31.0. The molecule has 2 aliphatic carbocycles. The van der Waals surface area contributed by atoms with Gasteiger partial charge in [0.1, 0.15) is 11.9 Å². The number of fused-ring (bicyclic) bond motifs is 3. The zero-order valence-electron chi connectivity index (χ0n) is 17.0. The summed E-state index contributed by atoms with van der Waals surface area (Å²) in [6.45, 7) is 1.08. The molecule has 2 N–H and O–H groups in total. The van der Waals surface area contributed by atoms with Crippen LogP contribution in [0.3, 0.4) is 0 Å². The van der Waals surface area contributed by atoms with Crippen molar-refractivity contribution in [3.8, 4) is 6.07 Å². The van der Waals surface area contributed by atoms with Gasteiger partial charge in [-0.05, 0) is 60.4 Å². The number of hydrogen-bond acceptors (Lipinski definition) is 6. The monoisotopic (exact) mass is 471 g/mol. The van der Waals surface area contributed by atoms with Crippen LogP contribution in [0.25, 0.3) is 11.0 Å². The zero-order chi connectivity index (χ0) is 20.8. The van der Waals surface area contributed by atoms with Gasteiger partial charge >= 0.3 is 0 Å². The molecule has 1 aliphatic heterocycles. The van der Waals surface area contributed by atoms with Gasteiger partial charge in [0, 0.05) is 49.1 Å². The Morgan fingerprint density at radius 3 is 2.77 bits per heavy atom. The lowest BCUT2D eigenvalue weighted by molar-refractivity contribution is -0.126. The molecule has 1 amide bonds. The van der Waals surface area contributed by atoms with Crippen molar-refractivity contribution in [3.05, 3.63) is 22.5 Å². The van der Waals surface area contributed by atoms with E-state index >= 15 is 0 Å². The van der Waals surface area contributed by atoms with Crippen molar-refractivity contribution in [2.45, 2.75) is 56.7 Å². The number of carbonyl (C=O) groups is 1. The summed E-state index contributed by atoms with van der Waals surface area (Å²) in [4.78, 5) is 19.3. The van der Waals surface area contributed by atoms with Gasteiger partial charge in [0.15, 0.2) is 5.58 Å². The van der Waals surface area contributed by atoms with Crippen molar-refractivity contribution in [3.63, 3.8) is 0 Å². The van der Waals surface area contributed by atoms with Crippen LogP contribution in [0.15, 0.2) is 21.2 Å². The lowest BCUT2D eigenvalue weighted by Gasteiger charge is -2.40. The summed E-state index contributed by atoms with van der Waals surface area (Å²) >= 11 is 3.63. The molecule has 2 aromatic rings. The van der Waals surface area contributed by atoms with Crippen molar-refractivity contribution in [1.82, 2.24) is 15.2 Å². The summed E-state index contributed by atoms with van der Waals surface area (Å²) in [6, 6.07) is 5.39. The number of carbonyl (C=O) groups excluding carboxylic acids is 1. The molecule has 8 heteroatoms. The van der Waals surface area contributed by atoms with E-state index in [1.807, 2.05) is 6.07 Å². The largest absolute Gasteiger partial charge is 0.444 e. The van der Waals surface area contributed by atoms with Gasteiger partial charge in [-0.1, -0.05) is 0 Å². The number of nitrogens with zero attached hydrogens (tertiary/aromatic N) is 3. The van der Waals surface area contributed by atoms with Crippen LogP contribution in [0.1, 0.15) is 44.3 Å². The molecule has 1 saturated heterocycles. The molecule has 7 nitrogen and oxygen atoms in total. The minimum absolute atomic E-state index is 0.220. The molecule has 3 aliphatic rings. The summed E-state index contributed by atoms with van der Waals surface area (Å²) in [5.41, 5.74) is 0.617. The molecule has 0 spiro atoms. The van der Waals surface area contributed by atoms with Crippen LogP contribution >= 0.6 is 15.9 Å². The van der Waals surface area contributed by atoms with E-state index in [-0.39, 0.29) is 11.8 Å². The van der Waals surface area contributed by atoms with Gasteiger partial charge in [0.05, 0.1) is 10.7 Å². The third kappa shape index (κ3) is 3.38. The lowest BCUT2D eigenvalue weighted by Crippen LogP contribution is -2.47. The highest BCUT2D eigenvalue weighted by molar-refractivity contribution is 9.10. The molecule has 3 heterocycles. The predicted molar refractivity (Wildman–Crippen MR) is 117 cm³/mol. The van der Waals surface area contributed by atoms with E-state index < -0.39 is 0 Å². The van der Waals surface area contributed by atoms with Crippen LogP contribution in [0.2, 0.25) is 0 Å². The maximum atomic E-state index is 12.1. The van der Waals surface area contributed by atoms with Crippen LogP contribution in [-0.2, 0) is 4.79 Å². The fourth-order valence-electron chi connectivity index (χ4n) is 5.82. The molecule has 30 heavy (non-hydrogen) atoms. The number of amides is 1. The van der Waals surface area contributed by atoms with Crippen LogP contribution in [0, 0.1) is 23.2 Å². The molecule has 158 valence electrons. The number of piperidine rings is 1. The molecule has 2 saturated carbocycles. The van der Waals surface area contributed by atoms with Gasteiger partial charge in [0.25, 0.3) is 0 Å². The Labute approximate surface area is 184 Å². The van der Waals surface area contributed by atoms with E-state index in [9.17, 15) is 4.79 Å². The number of nitriles is 1. The van der Waals surface area contributed by atoms with Gasteiger partial charge in [-0.15, -0.1) is 0 Å². The Balaban J connectivity index is 1.19. The van der Waals surface area contributed by atoms with E-state index in [1.165, 1.54) is 19.3 Å². The van der Waals surface area contributed by atoms with E-state index in [1.54, 1.807) is 19.3 Å². The number of nitrogens with one attached hydrogen (secondary N) is 2. The Bertz CT molecular complexity index is 1010. The third-order valence-corrected chi connectivity index (χ3v) is 8.10. The number of hydrogen-bond donors (Lipinski definition) is 2. The molecule has 5 rings (SSSR count). The minimum Gasteiger partial charge on any atom is -0.444 e. The Kier molecular flexibility index (Phi) is 5.19. The topological polar surface area (TPSA) is 94.2 Å². The number of aromatic nitrogens is 1. The summed E-state index contributed by atoms with van der Waals surface area (Å²) in [7, 11) is 1.75. The van der Waals surface area contributed by atoms with E-state index in [2.05, 4.69) is 36.4 Å². The van der Waals surface area contributed by atoms with E-state index in [4.69, 9.17) is 9.68 Å². The summed E-state index contributed by atoms with van der Waals surface area (Å²) in [5.74, 6) is 2.08. The number of furan rings is 1.